The number of nitrogens with zero attached hydrogens (tertiary/aromatic N) is 2. The zero-order chi connectivity index (χ0) is 12.8. The summed E-state index contributed by atoms with van der Waals surface area (Å²) in [5.74, 6) is -2.92. The molecule has 0 aliphatic carbocycles. The third kappa shape index (κ3) is 2.83. The summed E-state index contributed by atoms with van der Waals surface area (Å²) in [5, 5.41) is 0. The van der Waals surface area contributed by atoms with Crippen molar-refractivity contribution in [1.29, 1.82) is 0 Å². The topological polar surface area (TPSA) is 79.8 Å². The van der Waals surface area contributed by atoms with Gasteiger partial charge in [0.2, 0.25) is 0 Å². The molecule has 1 aromatic carbocycles. The molecule has 1 aromatic rings. The Morgan fingerprint density at radius 1 is 1.41 bits per heavy atom. The molecule has 0 fully saturated rings. The molecule has 0 N–H and O–H groups in total. The highest BCUT2D eigenvalue weighted by Crippen LogP contribution is 2.08. The number of ether oxygens (including phenoxy) is 1. The van der Waals surface area contributed by atoms with E-state index in [-0.39, 0.29) is 12.2 Å². The van der Waals surface area contributed by atoms with Gasteiger partial charge in [-0.05, 0) is 19.1 Å². The summed E-state index contributed by atoms with van der Waals surface area (Å²) in [5.41, 5.74) is 7.39. The van der Waals surface area contributed by atoms with Gasteiger partial charge >= 0.3 is 11.7 Å². The molecule has 5 nitrogen and oxygen atoms in total. The first-order valence-corrected chi connectivity index (χ1v) is 4.80. The summed E-state index contributed by atoms with van der Waals surface area (Å²) >= 11 is 0. The van der Waals surface area contributed by atoms with Crippen LogP contribution in [0.3, 0.4) is 0 Å². The van der Waals surface area contributed by atoms with E-state index in [0.717, 1.165) is 6.07 Å². The molecule has 0 aliphatic heterocycles. The lowest BCUT2D eigenvalue weighted by molar-refractivity contribution is -0.139. The van der Waals surface area contributed by atoms with Crippen molar-refractivity contribution in [3.8, 4) is 0 Å². The molecule has 0 aromatic heterocycles. The normalized spacial score (nSPS) is 9.29. The maximum absolute atomic E-state index is 13.3. The van der Waals surface area contributed by atoms with Crippen LogP contribution in [-0.2, 0) is 9.53 Å². The molecule has 0 atom stereocenters. The minimum atomic E-state index is -1.09. The zero-order valence-corrected chi connectivity index (χ0v) is 9.01. The van der Waals surface area contributed by atoms with Gasteiger partial charge in [0.05, 0.1) is 12.2 Å². The average molecular weight is 236 g/mol. The Labute approximate surface area is 96.4 Å². The van der Waals surface area contributed by atoms with E-state index in [0.29, 0.717) is 0 Å². The summed E-state index contributed by atoms with van der Waals surface area (Å²) in [4.78, 5) is 25.5. The Bertz CT molecular complexity index is 507. The molecule has 0 heterocycles. The Balaban J connectivity index is 3.08. The van der Waals surface area contributed by atoms with Crippen LogP contribution in [0.25, 0.3) is 5.53 Å². The number of carbonyl (C=O) groups is 2. The van der Waals surface area contributed by atoms with Crippen molar-refractivity contribution < 1.29 is 23.5 Å². The lowest BCUT2D eigenvalue weighted by Gasteiger charge is -1.98. The van der Waals surface area contributed by atoms with E-state index in [4.69, 9.17) is 5.53 Å². The summed E-state index contributed by atoms with van der Waals surface area (Å²) < 4.78 is 17.8. The van der Waals surface area contributed by atoms with Crippen molar-refractivity contribution in [2.75, 3.05) is 6.61 Å². The van der Waals surface area contributed by atoms with E-state index in [9.17, 15) is 14.0 Å². The Morgan fingerprint density at radius 2 is 2.06 bits per heavy atom. The monoisotopic (exact) mass is 236 g/mol. The number of halogens is 1. The number of ketones is 1. The summed E-state index contributed by atoms with van der Waals surface area (Å²) in [6, 6.07) is 5.07. The van der Waals surface area contributed by atoms with Gasteiger partial charge in [-0.1, -0.05) is 12.1 Å². The van der Waals surface area contributed by atoms with Gasteiger partial charge in [0, 0.05) is 0 Å². The van der Waals surface area contributed by atoms with Gasteiger partial charge in [0.15, 0.2) is 0 Å². The fraction of sp³-hybridized carbons (Fsp3) is 0.182. The first-order chi connectivity index (χ1) is 8.11. The number of carbonyl (C=O) groups excluding carboxylic acids is 2. The van der Waals surface area contributed by atoms with Crippen molar-refractivity contribution in [1.82, 2.24) is 0 Å². The Kier molecular flexibility index (Phi) is 4.25. The van der Waals surface area contributed by atoms with Crippen molar-refractivity contribution >= 4 is 17.5 Å². The minimum absolute atomic E-state index is 0.0163. The van der Waals surface area contributed by atoms with Crippen molar-refractivity contribution in [2.45, 2.75) is 6.92 Å². The van der Waals surface area contributed by atoms with E-state index in [2.05, 4.69) is 9.53 Å². The predicted octanol–water partition coefficient (Wildman–Crippen LogP) is 1.24. The van der Waals surface area contributed by atoms with Crippen LogP contribution in [-0.4, -0.2) is 28.9 Å². The SMILES string of the molecule is CCOC(=O)C(=[N+]=[N-])C(=O)c1ccccc1F. The van der Waals surface area contributed by atoms with Gasteiger partial charge in [-0.3, -0.25) is 4.79 Å². The van der Waals surface area contributed by atoms with Gasteiger partial charge in [-0.25, -0.2) is 9.18 Å². The number of Topliss-reactive ketones (excluding diaryl/α,β-unsaturated/α-hetero) is 1. The van der Waals surface area contributed by atoms with Crippen molar-refractivity contribution in [3.63, 3.8) is 0 Å². The highest BCUT2D eigenvalue weighted by atomic mass is 19.1. The summed E-state index contributed by atoms with van der Waals surface area (Å²) in [7, 11) is 0. The number of benzene rings is 1. The second-order valence-corrected chi connectivity index (χ2v) is 2.98. The van der Waals surface area contributed by atoms with Crippen molar-refractivity contribution in [3.05, 3.63) is 41.2 Å². The summed E-state index contributed by atoms with van der Waals surface area (Å²) in [6.45, 7) is 1.54. The number of hydrogen-bond acceptors (Lipinski definition) is 3. The molecule has 0 aliphatic rings. The van der Waals surface area contributed by atoms with Gasteiger partial charge < -0.3 is 10.3 Å². The van der Waals surface area contributed by atoms with Gasteiger partial charge in [0.1, 0.15) is 5.82 Å². The Morgan fingerprint density at radius 3 is 2.59 bits per heavy atom. The highest BCUT2D eigenvalue weighted by Gasteiger charge is 2.33. The molecule has 6 heteroatoms. The van der Waals surface area contributed by atoms with Crippen LogP contribution < -0.4 is 0 Å². The van der Waals surface area contributed by atoms with Crippen LogP contribution in [0.4, 0.5) is 4.39 Å². The number of hydrogen-bond donors (Lipinski definition) is 0. The summed E-state index contributed by atoms with van der Waals surface area (Å²) in [6.07, 6.45) is 0. The van der Waals surface area contributed by atoms with Crippen molar-refractivity contribution in [2.24, 2.45) is 0 Å². The molecule has 1 rings (SSSR count). The fourth-order valence-electron chi connectivity index (χ4n) is 1.15. The molecule has 17 heavy (non-hydrogen) atoms. The quantitative estimate of drug-likeness (QED) is 0.197. The predicted molar refractivity (Wildman–Crippen MR) is 56.0 cm³/mol. The molecule has 0 amide bonds. The average Bonchev–Trinajstić information content (AvgIpc) is 2.30. The smallest absolute Gasteiger partial charge is 0.446 e. The van der Waals surface area contributed by atoms with Gasteiger partial charge in [0.25, 0.3) is 5.78 Å². The number of esters is 1. The molecule has 0 radical (unpaired) electrons. The first kappa shape index (κ1) is 12.7. The van der Waals surface area contributed by atoms with Crippen LogP contribution in [0.1, 0.15) is 17.3 Å². The van der Waals surface area contributed by atoms with Crippen LogP contribution in [0.5, 0.6) is 0 Å². The molecular weight excluding hydrogens is 227 g/mol. The number of rotatable bonds is 4. The third-order valence-corrected chi connectivity index (χ3v) is 1.90. The van der Waals surface area contributed by atoms with Crippen LogP contribution in [0, 0.1) is 5.82 Å². The maximum atomic E-state index is 13.3. The van der Waals surface area contributed by atoms with E-state index in [1.54, 1.807) is 0 Å². The third-order valence-electron chi connectivity index (χ3n) is 1.90. The van der Waals surface area contributed by atoms with E-state index in [1.807, 2.05) is 0 Å². The van der Waals surface area contributed by atoms with Crippen LogP contribution in [0.2, 0.25) is 0 Å². The molecular formula is C11H9FN2O3. The van der Waals surface area contributed by atoms with E-state index >= 15 is 0 Å². The van der Waals surface area contributed by atoms with E-state index < -0.39 is 23.3 Å². The maximum Gasteiger partial charge on any atom is 0.446 e. The molecule has 0 spiro atoms. The standard InChI is InChI=1S/C11H9FN2O3/c1-2-17-11(16)9(14-13)10(15)7-5-3-4-6-8(7)12/h3-6H,2H2,1H3. The molecule has 0 saturated carbocycles. The molecule has 88 valence electrons. The molecule has 0 unspecified atom stereocenters. The largest absolute Gasteiger partial charge is 0.457 e. The minimum Gasteiger partial charge on any atom is -0.457 e. The van der Waals surface area contributed by atoms with Crippen LogP contribution in [0.15, 0.2) is 24.3 Å². The van der Waals surface area contributed by atoms with Crippen LogP contribution >= 0.6 is 0 Å². The fourth-order valence-corrected chi connectivity index (χ4v) is 1.15. The molecule has 0 saturated heterocycles. The first-order valence-electron chi connectivity index (χ1n) is 4.80. The van der Waals surface area contributed by atoms with Gasteiger partial charge in [-0.15, -0.1) is 0 Å². The zero-order valence-electron chi connectivity index (χ0n) is 9.01. The highest BCUT2D eigenvalue weighted by molar-refractivity contribution is 6.65. The van der Waals surface area contributed by atoms with Gasteiger partial charge in [-0.2, -0.15) is 4.79 Å². The van der Waals surface area contributed by atoms with E-state index in [1.165, 1.54) is 25.1 Å². The second kappa shape index (κ2) is 5.67. The molecule has 0 bridgehead atoms. The lowest BCUT2D eigenvalue weighted by Crippen LogP contribution is -2.28. The lowest BCUT2D eigenvalue weighted by atomic mass is 10.1. The second-order valence-electron chi connectivity index (χ2n) is 2.98. The Hall–Kier alpha value is -2.33.